The normalized spacial score (nSPS) is 12.1. The van der Waals surface area contributed by atoms with Crippen LogP contribution in [0.25, 0.3) is 21.3 Å². The molecular formula is C20H20N6OS. The smallest absolute Gasteiger partial charge is 0.291 e. The fourth-order valence-corrected chi connectivity index (χ4v) is 4.43. The van der Waals surface area contributed by atoms with Gasteiger partial charge in [-0.15, -0.1) is 11.3 Å². The van der Waals surface area contributed by atoms with E-state index in [1.165, 1.54) is 22.2 Å². The Kier molecular flexibility index (Phi) is 4.79. The van der Waals surface area contributed by atoms with Crippen molar-refractivity contribution in [2.24, 2.45) is 5.73 Å². The number of allylic oxidation sites excluding steroid dienone is 2. The third-order valence-electron chi connectivity index (χ3n) is 4.59. The first-order chi connectivity index (χ1) is 13.6. The molecule has 0 aliphatic rings. The van der Waals surface area contributed by atoms with E-state index in [1.54, 1.807) is 12.3 Å². The van der Waals surface area contributed by atoms with Gasteiger partial charge in [0.15, 0.2) is 5.65 Å². The average Bonchev–Trinajstić information content (AvgIpc) is 3.21. The molecule has 3 heterocycles. The van der Waals surface area contributed by atoms with Crippen LogP contribution in [0, 0.1) is 5.41 Å². The molecule has 0 saturated carbocycles. The molecule has 3 aromatic heterocycles. The number of fused-ring (bicyclic) bond motifs is 3. The summed E-state index contributed by atoms with van der Waals surface area (Å²) in [5.41, 5.74) is 8.84. The van der Waals surface area contributed by atoms with Gasteiger partial charge in [-0.2, -0.15) is 5.10 Å². The highest BCUT2D eigenvalue weighted by Gasteiger charge is 2.19. The number of nitrogens with zero attached hydrogens (tertiary/aromatic N) is 4. The second-order valence-electron chi connectivity index (χ2n) is 6.44. The van der Waals surface area contributed by atoms with E-state index in [-0.39, 0.29) is 5.56 Å². The average molecular weight is 392 g/mol. The van der Waals surface area contributed by atoms with Crippen LogP contribution in [0.2, 0.25) is 0 Å². The Hall–Kier alpha value is -3.26. The van der Waals surface area contributed by atoms with Gasteiger partial charge in [0.2, 0.25) is 0 Å². The zero-order valence-electron chi connectivity index (χ0n) is 15.4. The molecule has 0 unspecified atom stereocenters. The minimum atomic E-state index is -0.113. The highest BCUT2D eigenvalue weighted by molar-refractivity contribution is 7.19. The number of aryl methyl sites for hydroxylation is 1. The van der Waals surface area contributed by atoms with Crippen LogP contribution in [-0.4, -0.2) is 25.5 Å². The molecule has 28 heavy (non-hydrogen) atoms. The van der Waals surface area contributed by atoms with Gasteiger partial charge in [-0.25, -0.2) is 9.67 Å². The predicted molar refractivity (Wildman–Crippen MR) is 113 cm³/mol. The lowest BCUT2D eigenvalue weighted by molar-refractivity contribution is 0.641. The summed E-state index contributed by atoms with van der Waals surface area (Å²) in [5.74, 6) is 0. The lowest BCUT2D eigenvalue weighted by Crippen LogP contribution is -2.24. The number of thiazole rings is 1. The molecule has 0 aliphatic heterocycles. The van der Waals surface area contributed by atoms with Crippen molar-refractivity contribution in [3.63, 3.8) is 0 Å². The standard InChI is InChI=1S/C20H20N6OS/c1-2-25-17-15(18-19(25)24-16(28-18)10-14(22)8-9-21)11-23-26(20(17)27)12-13-6-4-3-5-7-13/h3-9,11,21H,2,10,12,22H2,1H3. The highest BCUT2D eigenvalue weighted by atomic mass is 32.1. The first-order valence-electron chi connectivity index (χ1n) is 8.99. The van der Waals surface area contributed by atoms with Crippen LogP contribution in [0.15, 0.2) is 53.1 Å². The van der Waals surface area contributed by atoms with Gasteiger partial charge in [-0.1, -0.05) is 30.3 Å². The van der Waals surface area contributed by atoms with Crippen LogP contribution in [-0.2, 0) is 19.5 Å². The van der Waals surface area contributed by atoms with Gasteiger partial charge in [0.1, 0.15) is 10.5 Å². The Morgan fingerprint density at radius 1 is 1.32 bits per heavy atom. The molecule has 3 N–H and O–H groups in total. The maximum atomic E-state index is 13.1. The minimum Gasteiger partial charge on any atom is -0.402 e. The van der Waals surface area contributed by atoms with Crippen LogP contribution < -0.4 is 11.3 Å². The van der Waals surface area contributed by atoms with E-state index in [0.717, 1.165) is 26.3 Å². The Morgan fingerprint density at radius 3 is 2.82 bits per heavy atom. The van der Waals surface area contributed by atoms with Gasteiger partial charge in [-0.3, -0.25) is 4.79 Å². The second-order valence-corrected chi connectivity index (χ2v) is 7.53. The Morgan fingerprint density at radius 2 is 2.11 bits per heavy atom. The summed E-state index contributed by atoms with van der Waals surface area (Å²) >= 11 is 1.52. The Bertz CT molecular complexity index is 1250. The molecule has 0 spiro atoms. The number of nitrogens with two attached hydrogens (primary N) is 1. The van der Waals surface area contributed by atoms with Crippen molar-refractivity contribution in [1.82, 2.24) is 19.3 Å². The van der Waals surface area contributed by atoms with Gasteiger partial charge < -0.3 is 15.7 Å². The number of benzene rings is 1. The molecule has 142 valence electrons. The van der Waals surface area contributed by atoms with Crippen LogP contribution in [0.1, 0.15) is 17.5 Å². The SMILES string of the molecule is CCn1c2nc(CC(N)=CC=N)sc2c2cnn(Cc3ccccc3)c(=O)c21. The molecule has 0 radical (unpaired) electrons. The Labute approximate surface area is 165 Å². The molecule has 4 aromatic rings. The summed E-state index contributed by atoms with van der Waals surface area (Å²) in [4.78, 5) is 17.8. The van der Waals surface area contributed by atoms with Gasteiger partial charge >= 0.3 is 0 Å². The lowest BCUT2D eigenvalue weighted by atomic mass is 10.2. The summed E-state index contributed by atoms with van der Waals surface area (Å²) < 4.78 is 4.40. The molecule has 0 saturated heterocycles. The van der Waals surface area contributed by atoms with Crippen molar-refractivity contribution < 1.29 is 0 Å². The van der Waals surface area contributed by atoms with E-state index in [4.69, 9.17) is 16.1 Å². The molecule has 0 bridgehead atoms. The van der Waals surface area contributed by atoms with Crippen LogP contribution >= 0.6 is 11.3 Å². The number of hydrogen-bond donors (Lipinski definition) is 2. The van der Waals surface area contributed by atoms with Crippen molar-refractivity contribution in [1.29, 1.82) is 5.41 Å². The van der Waals surface area contributed by atoms with Crippen LogP contribution in [0.3, 0.4) is 0 Å². The summed E-state index contributed by atoms with van der Waals surface area (Å²) in [7, 11) is 0. The maximum Gasteiger partial charge on any atom is 0.291 e. The highest BCUT2D eigenvalue weighted by Crippen LogP contribution is 2.32. The molecular weight excluding hydrogens is 372 g/mol. The van der Waals surface area contributed by atoms with Crippen molar-refractivity contribution in [2.75, 3.05) is 0 Å². The molecule has 0 fully saturated rings. The zero-order chi connectivity index (χ0) is 19.7. The van der Waals surface area contributed by atoms with Gasteiger partial charge in [0.05, 0.1) is 17.4 Å². The number of rotatable bonds is 6. The number of nitrogens with one attached hydrogen (secondary N) is 1. The van der Waals surface area contributed by atoms with E-state index < -0.39 is 0 Å². The molecule has 1 aromatic carbocycles. The summed E-state index contributed by atoms with van der Waals surface area (Å²) in [6.07, 6.45) is 4.97. The van der Waals surface area contributed by atoms with Crippen LogP contribution in [0.4, 0.5) is 0 Å². The molecule has 8 heteroatoms. The first-order valence-corrected chi connectivity index (χ1v) is 9.80. The van der Waals surface area contributed by atoms with Gasteiger partial charge in [0, 0.05) is 30.3 Å². The second kappa shape index (κ2) is 7.40. The molecule has 0 amide bonds. The number of aromatic nitrogens is 4. The minimum absolute atomic E-state index is 0.113. The van der Waals surface area contributed by atoms with E-state index in [1.807, 2.05) is 41.8 Å². The van der Waals surface area contributed by atoms with Gasteiger partial charge in [-0.05, 0) is 18.6 Å². The largest absolute Gasteiger partial charge is 0.402 e. The van der Waals surface area contributed by atoms with Crippen molar-refractivity contribution in [2.45, 2.75) is 26.4 Å². The molecule has 0 aliphatic carbocycles. The lowest BCUT2D eigenvalue weighted by Gasteiger charge is -2.06. The fraction of sp³-hybridized carbons (Fsp3) is 0.200. The maximum absolute atomic E-state index is 13.1. The quantitative estimate of drug-likeness (QED) is 0.493. The third kappa shape index (κ3) is 3.11. The first kappa shape index (κ1) is 18.1. The van der Waals surface area contributed by atoms with Crippen molar-refractivity contribution in [3.05, 3.63) is 69.2 Å². The molecule has 4 rings (SSSR count). The molecule has 0 atom stereocenters. The summed E-state index contributed by atoms with van der Waals surface area (Å²) in [6.45, 7) is 3.07. The monoisotopic (exact) mass is 392 g/mol. The molecule has 7 nitrogen and oxygen atoms in total. The van der Waals surface area contributed by atoms with E-state index in [0.29, 0.717) is 30.7 Å². The Balaban J connectivity index is 1.83. The predicted octanol–water partition coefficient (Wildman–Crippen LogP) is 2.91. The zero-order valence-corrected chi connectivity index (χ0v) is 16.2. The van der Waals surface area contributed by atoms with Gasteiger partial charge in [0.25, 0.3) is 5.56 Å². The third-order valence-corrected chi connectivity index (χ3v) is 5.66. The van der Waals surface area contributed by atoms with Crippen molar-refractivity contribution >= 4 is 38.8 Å². The van der Waals surface area contributed by atoms with E-state index in [2.05, 4.69) is 5.10 Å². The van der Waals surface area contributed by atoms with E-state index >= 15 is 0 Å². The fourth-order valence-electron chi connectivity index (χ4n) is 3.32. The summed E-state index contributed by atoms with van der Waals surface area (Å²) in [5, 5.41) is 13.2. The van der Waals surface area contributed by atoms with E-state index in [9.17, 15) is 4.79 Å². The summed E-state index contributed by atoms with van der Waals surface area (Å²) in [6, 6.07) is 9.82. The number of hydrogen-bond acceptors (Lipinski definition) is 6. The van der Waals surface area contributed by atoms with Crippen LogP contribution in [0.5, 0.6) is 0 Å². The van der Waals surface area contributed by atoms with Crippen molar-refractivity contribution in [3.8, 4) is 0 Å². The topological polar surface area (TPSA) is 103 Å².